The minimum Gasteiger partial charge on any atom is -0.478 e. The van der Waals surface area contributed by atoms with Crippen molar-refractivity contribution < 1.29 is 19.8 Å². The molecule has 4 nitrogen and oxygen atoms in total. The molecule has 14 heavy (non-hydrogen) atoms. The van der Waals surface area contributed by atoms with Crippen molar-refractivity contribution in [1.82, 2.24) is 0 Å². The molecular weight excluding hydrogens is 184 g/mol. The fraction of sp³-hybridized carbons (Fsp3) is 0. The molecule has 0 heterocycles. The zero-order valence-electron chi connectivity index (χ0n) is 7.43. The number of benzene rings is 1. The smallest absolute Gasteiger partial charge is 0.335 e. The highest BCUT2D eigenvalue weighted by Crippen LogP contribution is 2.04. The Bertz CT molecular complexity index is 314. The van der Waals surface area contributed by atoms with Crippen LogP contribution in [0.4, 0.5) is 0 Å². The maximum atomic E-state index is 10.4. The molecule has 0 unspecified atom stereocenters. The highest BCUT2D eigenvalue weighted by molar-refractivity contribution is 5.93. The second-order valence-electron chi connectivity index (χ2n) is 2.19. The molecule has 2 N–H and O–H groups in total. The monoisotopic (exact) mass is 194 g/mol. The van der Waals surface area contributed by atoms with Gasteiger partial charge in [-0.2, -0.15) is 0 Å². The summed E-state index contributed by atoms with van der Waals surface area (Å²) in [6.45, 7) is 6.00. The second kappa shape index (κ2) is 5.53. The van der Waals surface area contributed by atoms with Gasteiger partial charge in [-0.05, 0) is 18.2 Å². The maximum absolute atomic E-state index is 10.4. The predicted octanol–water partition coefficient (Wildman–Crippen LogP) is 1.89. The average molecular weight is 194 g/mol. The van der Waals surface area contributed by atoms with Crippen molar-refractivity contribution in [2.75, 3.05) is 0 Å². The van der Waals surface area contributed by atoms with Gasteiger partial charge in [-0.25, -0.2) is 9.59 Å². The van der Waals surface area contributed by atoms with E-state index in [9.17, 15) is 9.59 Å². The van der Waals surface area contributed by atoms with Gasteiger partial charge >= 0.3 is 11.9 Å². The highest BCUT2D eigenvalue weighted by Gasteiger charge is 2.06. The summed E-state index contributed by atoms with van der Waals surface area (Å²) < 4.78 is 0. The molecule has 0 aromatic heterocycles. The fourth-order valence-corrected chi connectivity index (χ4v) is 0.785. The molecule has 0 bridgehead atoms. The van der Waals surface area contributed by atoms with Gasteiger partial charge in [0, 0.05) is 0 Å². The molecule has 0 fully saturated rings. The third kappa shape index (κ3) is 3.10. The molecule has 0 atom stereocenters. The number of rotatable bonds is 2. The van der Waals surface area contributed by atoms with E-state index in [0.29, 0.717) is 0 Å². The van der Waals surface area contributed by atoms with Gasteiger partial charge in [0.2, 0.25) is 0 Å². The fourth-order valence-electron chi connectivity index (χ4n) is 0.785. The van der Waals surface area contributed by atoms with Gasteiger partial charge in [0.15, 0.2) is 0 Å². The number of carboxylic acid groups (broad SMARTS) is 2. The number of carbonyl (C=O) groups is 2. The van der Waals surface area contributed by atoms with Gasteiger partial charge in [0.1, 0.15) is 0 Å². The van der Waals surface area contributed by atoms with Crippen molar-refractivity contribution in [3.63, 3.8) is 0 Å². The van der Waals surface area contributed by atoms with E-state index < -0.39 is 11.9 Å². The molecular formula is C10H10O4. The molecule has 1 rings (SSSR count). The van der Waals surface area contributed by atoms with E-state index in [1.54, 1.807) is 0 Å². The quantitative estimate of drug-likeness (QED) is 0.705. The largest absolute Gasteiger partial charge is 0.478 e. The minimum atomic E-state index is -1.13. The van der Waals surface area contributed by atoms with Crippen LogP contribution in [0.1, 0.15) is 20.7 Å². The van der Waals surface area contributed by atoms with Crippen LogP contribution in [0.25, 0.3) is 0 Å². The van der Waals surface area contributed by atoms with Gasteiger partial charge in [-0.1, -0.05) is 6.07 Å². The van der Waals surface area contributed by atoms with Crippen LogP contribution in [-0.4, -0.2) is 22.2 Å². The van der Waals surface area contributed by atoms with Crippen molar-refractivity contribution in [3.05, 3.63) is 48.6 Å². The average Bonchev–Trinajstić information content (AvgIpc) is 2.21. The normalized spacial score (nSPS) is 8.29. The second-order valence-corrected chi connectivity index (χ2v) is 2.19. The van der Waals surface area contributed by atoms with Crippen molar-refractivity contribution in [2.24, 2.45) is 0 Å². The lowest BCUT2D eigenvalue weighted by molar-refractivity contribution is 0.0696. The summed E-state index contributed by atoms with van der Waals surface area (Å²) in [4.78, 5) is 20.8. The molecule has 0 aliphatic heterocycles. The Morgan fingerprint density at radius 3 is 1.64 bits per heavy atom. The van der Waals surface area contributed by atoms with Crippen LogP contribution in [0, 0.1) is 0 Å². The Morgan fingerprint density at radius 1 is 1.00 bits per heavy atom. The maximum Gasteiger partial charge on any atom is 0.335 e. The van der Waals surface area contributed by atoms with Gasteiger partial charge < -0.3 is 10.2 Å². The first-order chi connectivity index (χ1) is 6.61. The number of hydrogen-bond acceptors (Lipinski definition) is 2. The molecule has 1 aromatic carbocycles. The number of aromatic carboxylic acids is 2. The first kappa shape index (κ1) is 11.9. The van der Waals surface area contributed by atoms with E-state index in [0.717, 1.165) is 6.07 Å². The SMILES string of the molecule is C=C.O=C(O)c1cccc(C(=O)O)c1. The van der Waals surface area contributed by atoms with Gasteiger partial charge in [-0.3, -0.25) is 0 Å². The Hall–Kier alpha value is -2.10. The Balaban J connectivity index is 0.000000791. The van der Waals surface area contributed by atoms with Gasteiger partial charge in [0.05, 0.1) is 11.1 Å². The Labute approximate surface area is 81.1 Å². The van der Waals surface area contributed by atoms with Gasteiger partial charge in [-0.15, -0.1) is 13.2 Å². The van der Waals surface area contributed by atoms with Crippen LogP contribution in [0.2, 0.25) is 0 Å². The zero-order chi connectivity index (χ0) is 11.1. The van der Waals surface area contributed by atoms with Crippen molar-refractivity contribution in [3.8, 4) is 0 Å². The van der Waals surface area contributed by atoms with Crippen LogP contribution < -0.4 is 0 Å². The van der Waals surface area contributed by atoms with E-state index in [-0.39, 0.29) is 11.1 Å². The summed E-state index contributed by atoms with van der Waals surface area (Å²) in [5, 5.41) is 17.0. The van der Waals surface area contributed by atoms with Crippen molar-refractivity contribution >= 4 is 11.9 Å². The summed E-state index contributed by atoms with van der Waals surface area (Å²) >= 11 is 0. The van der Waals surface area contributed by atoms with E-state index in [1.807, 2.05) is 0 Å². The lowest BCUT2D eigenvalue weighted by atomic mass is 10.1. The molecule has 0 amide bonds. The summed E-state index contributed by atoms with van der Waals surface area (Å²) in [6, 6.07) is 5.20. The third-order valence-corrected chi connectivity index (χ3v) is 1.36. The molecule has 0 radical (unpaired) electrons. The van der Waals surface area contributed by atoms with Crippen LogP contribution >= 0.6 is 0 Å². The van der Waals surface area contributed by atoms with Crippen molar-refractivity contribution in [1.29, 1.82) is 0 Å². The summed E-state index contributed by atoms with van der Waals surface area (Å²) in [7, 11) is 0. The zero-order valence-corrected chi connectivity index (χ0v) is 7.43. The van der Waals surface area contributed by atoms with E-state index in [1.165, 1.54) is 18.2 Å². The molecule has 74 valence electrons. The molecule has 0 saturated heterocycles. The Morgan fingerprint density at radius 2 is 1.36 bits per heavy atom. The minimum absolute atomic E-state index is 0.0186. The molecule has 0 aliphatic carbocycles. The molecule has 0 aliphatic rings. The van der Waals surface area contributed by atoms with Crippen molar-refractivity contribution in [2.45, 2.75) is 0 Å². The van der Waals surface area contributed by atoms with E-state index in [4.69, 9.17) is 10.2 Å². The topological polar surface area (TPSA) is 74.6 Å². The van der Waals surface area contributed by atoms with E-state index >= 15 is 0 Å². The standard InChI is InChI=1S/C8H6O4.C2H4/c9-7(10)5-2-1-3-6(4-5)8(11)12;1-2/h1-4H,(H,9,10)(H,11,12);1-2H2. The molecule has 4 heteroatoms. The molecule has 0 spiro atoms. The van der Waals surface area contributed by atoms with Crippen LogP contribution in [-0.2, 0) is 0 Å². The first-order valence-corrected chi connectivity index (χ1v) is 3.68. The lowest BCUT2D eigenvalue weighted by Crippen LogP contribution is -2.01. The Kier molecular flexibility index (Phi) is 4.70. The number of carboxylic acids is 2. The molecule has 0 saturated carbocycles. The third-order valence-electron chi connectivity index (χ3n) is 1.36. The summed E-state index contributed by atoms with van der Waals surface area (Å²) in [5.41, 5.74) is -0.0372. The highest BCUT2D eigenvalue weighted by atomic mass is 16.4. The van der Waals surface area contributed by atoms with Crippen LogP contribution in [0.5, 0.6) is 0 Å². The lowest BCUT2D eigenvalue weighted by Gasteiger charge is -1.95. The number of hydrogen-bond donors (Lipinski definition) is 2. The van der Waals surface area contributed by atoms with E-state index in [2.05, 4.69) is 13.2 Å². The predicted molar refractivity (Wildman–Crippen MR) is 51.6 cm³/mol. The summed E-state index contributed by atoms with van der Waals surface area (Å²) in [5.74, 6) is -2.25. The van der Waals surface area contributed by atoms with Crippen LogP contribution in [0.15, 0.2) is 37.4 Å². The summed E-state index contributed by atoms with van der Waals surface area (Å²) in [6.07, 6.45) is 0. The molecule has 1 aromatic rings. The van der Waals surface area contributed by atoms with Gasteiger partial charge in [0.25, 0.3) is 0 Å². The van der Waals surface area contributed by atoms with Crippen LogP contribution in [0.3, 0.4) is 0 Å². The first-order valence-electron chi connectivity index (χ1n) is 3.68.